The molecule has 0 spiro atoms. The van der Waals surface area contributed by atoms with Gasteiger partial charge in [0, 0.05) is 31.7 Å². The van der Waals surface area contributed by atoms with E-state index in [9.17, 15) is 18.4 Å². The topological polar surface area (TPSA) is 66.4 Å². The van der Waals surface area contributed by atoms with Gasteiger partial charge in [0.2, 0.25) is 11.8 Å². The van der Waals surface area contributed by atoms with E-state index >= 15 is 0 Å². The summed E-state index contributed by atoms with van der Waals surface area (Å²) < 4.78 is 25.8. The van der Waals surface area contributed by atoms with Crippen LogP contribution in [0.3, 0.4) is 0 Å². The van der Waals surface area contributed by atoms with Gasteiger partial charge in [0.1, 0.15) is 0 Å². The van der Waals surface area contributed by atoms with Crippen LogP contribution in [0.1, 0.15) is 39.0 Å². The van der Waals surface area contributed by atoms with Crippen molar-refractivity contribution >= 4 is 11.9 Å². The Morgan fingerprint density at radius 3 is 2.44 bits per heavy atom. The highest BCUT2D eigenvalue weighted by Gasteiger charge is 2.37. The van der Waals surface area contributed by atoms with Crippen LogP contribution in [0.2, 0.25) is 0 Å². The second kappa shape index (κ2) is 6.11. The molecular formula is C12H19F2NO3. The van der Waals surface area contributed by atoms with Crippen LogP contribution in [0.5, 0.6) is 0 Å². The second-order valence-corrected chi connectivity index (χ2v) is 5.08. The molecule has 0 aromatic heterocycles. The Labute approximate surface area is 105 Å². The molecule has 1 saturated carbocycles. The number of amides is 1. The summed E-state index contributed by atoms with van der Waals surface area (Å²) in [5.74, 6) is -4.29. The predicted octanol–water partition coefficient (Wildman–Crippen LogP) is 2.04. The van der Waals surface area contributed by atoms with Gasteiger partial charge >= 0.3 is 5.97 Å². The first-order valence-corrected chi connectivity index (χ1v) is 6.17. The molecule has 0 heterocycles. The van der Waals surface area contributed by atoms with Crippen molar-refractivity contribution in [1.82, 2.24) is 5.32 Å². The monoisotopic (exact) mass is 263 g/mol. The van der Waals surface area contributed by atoms with Gasteiger partial charge in [-0.3, -0.25) is 9.59 Å². The van der Waals surface area contributed by atoms with Crippen molar-refractivity contribution in [2.45, 2.75) is 45.0 Å². The summed E-state index contributed by atoms with van der Waals surface area (Å²) in [5, 5.41) is 11.2. The van der Waals surface area contributed by atoms with E-state index in [1.807, 2.05) is 0 Å². The lowest BCUT2D eigenvalue weighted by Crippen LogP contribution is -2.38. The summed E-state index contributed by atoms with van der Waals surface area (Å²) >= 11 is 0. The van der Waals surface area contributed by atoms with Crippen molar-refractivity contribution in [3.63, 3.8) is 0 Å². The van der Waals surface area contributed by atoms with E-state index < -0.39 is 11.9 Å². The predicted molar refractivity (Wildman–Crippen MR) is 61.3 cm³/mol. The lowest BCUT2D eigenvalue weighted by atomic mass is 9.86. The minimum atomic E-state index is -2.63. The van der Waals surface area contributed by atoms with E-state index in [-0.39, 0.29) is 56.4 Å². The summed E-state index contributed by atoms with van der Waals surface area (Å²) in [6.07, 6.45) is -0.0904. The zero-order chi connectivity index (χ0) is 13.8. The molecule has 0 aromatic carbocycles. The Balaban J connectivity index is 2.27. The molecule has 0 aromatic rings. The Kier molecular flexibility index (Phi) is 5.04. The van der Waals surface area contributed by atoms with Crippen LogP contribution in [0.4, 0.5) is 8.78 Å². The molecule has 1 unspecified atom stereocenters. The number of carboxylic acids is 1. The molecule has 4 nitrogen and oxygen atoms in total. The zero-order valence-electron chi connectivity index (χ0n) is 10.4. The van der Waals surface area contributed by atoms with Crippen LogP contribution in [0.15, 0.2) is 0 Å². The van der Waals surface area contributed by atoms with Crippen LogP contribution < -0.4 is 5.32 Å². The summed E-state index contributed by atoms with van der Waals surface area (Å²) in [6, 6.07) is 0. The van der Waals surface area contributed by atoms with Crippen molar-refractivity contribution < 1.29 is 23.5 Å². The number of rotatable bonds is 5. The molecule has 0 saturated heterocycles. The average Bonchev–Trinajstić information content (AvgIpc) is 2.25. The van der Waals surface area contributed by atoms with E-state index in [0.29, 0.717) is 0 Å². The third kappa shape index (κ3) is 4.98. The number of carbonyl (C=O) groups is 2. The quantitative estimate of drug-likeness (QED) is 0.797. The molecule has 1 aliphatic carbocycles. The smallest absolute Gasteiger partial charge is 0.303 e. The molecule has 0 aliphatic heterocycles. The van der Waals surface area contributed by atoms with E-state index in [4.69, 9.17) is 5.11 Å². The minimum absolute atomic E-state index is 0.0109. The number of halogens is 2. The van der Waals surface area contributed by atoms with Gasteiger partial charge in [-0.2, -0.15) is 0 Å². The van der Waals surface area contributed by atoms with Gasteiger partial charge in [-0.05, 0) is 18.8 Å². The normalized spacial score (nSPS) is 21.3. The van der Waals surface area contributed by atoms with E-state index in [1.54, 1.807) is 6.92 Å². The maximum Gasteiger partial charge on any atom is 0.303 e. The highest BCUT2D eigenvalue weighted by Crippen LogP contribution is 2.36. The Bertz CT molecular complexity index is 310. The Hall–Kier alpha value is -1.20. The summed E-state index contributed by atoms with van der Waals surface area (Å²) in [4.78, 5) is 22.1. The standard InChI is InChI=1S/C12H19F2NO3/c1-8(6-10(16)17)7-15-11(18)9-2-4-12(13,14)5-3-9/h8-9H,2-7H2,1H3,(H,15,18)(H,16,17). The number of hydrogen-bond acceptors (Lipinski definition) is 2. The number of alkyl halides is 2. The van der Waals surface area contributed by atoms with Crippen molar-refractivity contribution in [2.24, 2.45) is 11.8 Å². The highest BCUT2D eigenvalue weighted by atomic mass is 19.3. The molecule has 104 valence electrons. The third-order valence-corrected chi connectivity index (χ3v) is 3.24. The molecule has 1 fully saturated rings. The molecule has 1 atom stereocenters. The summed E-state index contributed by atoms with van der Waals surface area (Å²) in [6.45, 7) is 2.00. The summed E-state index contributed by atoms with van der Waals surface area (Å²) in [7, 11) is 0. The number of nitrogens with one attached hydrogen (secondary N) is 1. The zero-order valence-corrected chi connectivity index (χ0v) is 10.4. The van der Waals surface area contributed by atoms with E-state index in [0.717, 1.165) is 0 Å². The lowest BCUT2D eigenvalue weighted by molar-refractivity contribution is -0.138. The molecule has 0 radical (unpaired) electrons. The van der Waals surface area contributed by atoms with Crippen LogP contribution >= 0.6 is 0 Å². The second-order valence-electron chi connectivity index (χ2n) is 5.08. The van der Waals surface area contributed by atoms with Gasteiger partial charge in [-0.15, -0.1) is 0 Å². The number of aliphatic carboxylic acids is 1. The van der Waals surface area contributed by atoms with Crippen LogP contribution in [0, 0.1) is 11.8 Å². The fraction of sp³-hybridized carbons (Fsp3) is 0.833. The number of carbonyl (C=O) groups excluding carboxylic acids is 1. The molecule has 1 amide bonds. The molecule has 2 N–H and O–H groups in total. The molecule has 1 rings (SSSR count). The van der Waals surface area contributed by atoms with Gasteiger partial charge in [0.15, 0.2) is 0 Å². The highest BCUT2D eigenvalue weighted by molar-refractivity contribution is 5.78. The minimum Gasteiger partial charge on any atom is -0.481 e. The van der Waals surface area contributed by atoms with Crippen molar-refractivity contribution in [2.75, 3.05) is 6.54 Å². The first-order valence-electron chi connectivity index (χ1n) is 6.17. The first kappa shape index (κ1) is 14.9. The van der Waals surface area contributed by atoms with E-state index in [2.05, 4.69) is 5.32 Å². The molecule has 0 bridgehead atoms. The van der Waals surface area contributed by atoms with Gasteiger partial charge in [0.05, 0.1) is 0 Å². The lowest BCUT2D eigenvalue weighted by Gasteiger charge is -2.27. The number of carboxylic acid groups (broad SMARTS) is 1. The van der Waals surface area contributed by atoms with Gasteiger partial charge in [-0.1, -0.05) is 6.92 Å². The Morgan fingerprint density at radius 2 is 1.94 bits per heavy atom. The third-order valence-electron chi connectivity index (χ3n) is 3.24. The fourth-order valence-corrected chi connectivity index (χ4v) is 2.09. The molecule has 6 heteroatoms. The van der Waals surface area contributed by atoms with Gasteiger partial charge < -0.3 is 10.4 Å². The van der Waals surface area contributed by atoms with Crippen LogP contribution in [-0.2, 0) is 9.59 Å². The largest absolute Gasteiger partial charge is 0.481 e. The van der Waals surface area contributed by atoms with Gasteiger partial charge in [-0.25, -0.2) is 8.78 Å². The first-order chi connectivity index (χ1) is 8.30. The maximum absolute atomic E-state index is 12.9. The number of hydrogen-bond donors (Lipinski definition) is 2. The van der Waals surface area contributed by atoms with Crippen molar-refractivity contribution in [3.8, 4) is 0 Å². The SMILES string of the molecule is CC(CNC(=O)C1CCC(F)(F)CC1)CC(=O)O. The van der Waals surface area contributed by atoms with Crippen LogP contribution in [0.25, 0.3) is 0 Å². The Morgan fingerprint density at radius 1 is 1.39 bits per heavy atom. The summed E-state index contributed by atoms with van der Waals surface area (Å²) in [5.41, 5.74) is 0. The van der Waals surface area contributed by atoms with Gasteiger partial charge in [0.25, 0.3) is 0 Å². The maximum atomic E-state index is 12.9. The van der Waals surface area contributed by atoms with Crippen LogP contribution in [-0.4, -0.2) is 29.5 Å². The molecule has 18 heavy (non-hydrogen) atoms. The molecule has 1 aliphatic rings. The van der Waals surface area contributed by atoms with Crippen molar-refractivity contribution in [3.05, 3.63) is 0 Å². The fourth-order valence-electron chi connectivity index (χ4n) is 2.09. The van der Waals surface area contributed by atoms with Crippen molar-refractivity contribution in [1.29, 1.82) is 0 Å². The van der Waals surface area contributed by atoms with E-state index in [1.165, 1.54) is 0 Å². The average molecular weight is 263 g/mol. The molecular weight excluding hydrogens is 244 g/mol.